The molecule has 0 aromatic rings. The molecule has 0 aliphatic carbocycles. The minimum Gasteiger partial charge on any atom is -0.322 e. The van der Waals surface area contributed by atoms with Gasteiger partial charge in [0.2, 0.25) is 11.8 Å². The van der Waals surface area contributed by atoms with Gasteiger partial charge >= 0.3 is 0 Å². The largest absolute Gasteiger partial charge is 0.322 e. The van der Waals surface area contributed by atoms with Crippen molar-refractivity contribution in [3.05, 3.63) is 35.5 Å². The summed E-state index contributed by atoms with van der Waals surface area (Å²) in [6.45, 7) is 11.9. The Morgan fingerprint density at radius 3 is 2.45 bits per heavy atom. The molecule has 120 valence electrons. The van der Waals surface area contributed by atoms with Gasteiger partial charge in [0, 0.05) is 18.5 Å². The van der Waals surface area contributed by atoms with Crippen LogP contribution < -0.4 is 5.32 Å². The quantitative estimate of drug-likeness (QED) is 0.627. The average molecular weight is 304 g/mol. The SMILES string of the molecule is C=C(C)/C=C1/C(=O)N(C2CCC(=O)NC2=O)C/C1=C/C.CC. The Morgan fingerprint density at radius 2 is 1.95 bits per heavy atom. The zero-order valence-corrected chi connectivity index (χ0v) is 13.7. The molecule has 2 rings (SSSR count). The van der Waals surface area contributed by atoms with Crippen LogP contribution in [0.4, 0.5) is 0 Å². The smallest absolute Gasteiger partial charge is 0.255 e. The van der Waals surface area contributed by atoms with Crippen molar-refractivity contribution in [3.8, 4) is 0 Å². The number of nitrogens with one attached hydrogen (secondary N) is 1. The second-order valence-corrected chi connectivity index (χ2v) is 5.12. The Labute approximate surface area is 131 Å². The molecule has 2 heterocycles. The fourth-order valence-electron chi connectivity index (χ4n) is 2.51. The number of likely N-dealkylation sites (tertiary alicyclic amines) is 1. The van der Waals surface area contributed by atoms with E-state index in [4.69, 9.17) is 0 Å². The lowest BCUT2D eigenvalue weighted by Gasteiger charge is -2.28. The van der Waals surface area contributed by atoms with Gasteiger partial charge in [-0.15, -0.1) is 0 Å². The van der Waals surface area contributed by atoms with E-state index in [9.17, 15) is 14.4 Å². The minimum atomic E-state index is -0.564. The van der Waals surface area contributed by atoms with Crippen LogP contribution in [0.15, 0.2) is 35.5 Å². The van der Waals surface area contributed by atoms with Crippen LogP contribution in [0.1, 0.15) is 40.5 Å². The number of amides is 3. The van der Waals surface area contributed by atoms with Crippen molar-refractivity contribution in [1.29, 1.82) is 0 Å². The van der Waals surface area contributed by atoms with E-state index in [1.54, 1.807) is 6.08 Å². The number of imide groups is 1. The molecule has 0 aromatic carbocycles. The third kappa shape index (κ3) is 3.72. The summed E-state index contributed by atoms with van der Waals surface area (Å²) >= 11 is 0. The molecule has 0 spiro atoms. The van der Waals surface area contributed by atoms with Crippen LogP contribution in [0.3, 0.4) is 0 Å². The molecule has 0 aromatic heterocycles. The van der Waals surface area contributed by atoms with Crippen molar-refractivity contribution in [3.63, 3.8) is 0 Å². The van der Waals surface area contributed by atoms with Crippen LogP contribution in [0.25, 0.3) is 0 Å². The minimum absolute atomic E-state index is 0.171. The molecule has 1 N–H and O–H groups in total. The lowest BCUT2D eigenvalue weighted by atomic mass is 10.0. The Kier molecular flexibility index (Phi) is 6.28. The monoisotopic (exact) mass is 304 g/mol. The molecule has 22 heavy (non-hydrogen) atoms. The Hall–Kier alpha value is -2.17. The molecule has 1 atom stereocenters. The summed E-state index contributed by atoms with van der Waals surface area (Å²) in [7, 11) is 0. The van der Waals surface area contributed by atoms with Crippen molar-refractivity contribution in [2.24, 2.45) is 0 Å². The fraction of sp³-hybridized carbons (Fsp3) is 0.471. The number of hydrogen-bond acceptors (Lipinski definition) is 3. The maximum absolute atomic E-state index is 12.4. The maximum atomic E-state index is 12.4. The van der Waals surface area contributed by atoms with Gasteiger partial charge in [-0.2, -0.15) is 0 Å². The van der Waals surface area contributed by atoms with Crippen LogP contribution in [0, 0.1) is 0 Å². The van der Waals surface area contributed by atoms with Gasteiger partial charge in [0.1, 0.15) is 6.04 Å². The van der Waals surface area contributed by atoms with Crippen LogP contribution in [0.2, 0.25) is 0 Å². The van der Waals surface area contributed by atoms with E-state index in [2.05, 4.69) is 11.9 Å². The Balaban J connectivity index is 0.00000116. The molecule has 0 bridgehead atoms. The summed E-state index contributed by atoms with van der Waals surface area (Å²) in [5, 5.41) is 2.29. The second kappa shape index (κ2) is 7.73. The summed E-state index contributed by atoms with van der Waals surface area (Å²) in [6.07, 6.45) is 4.26. The average Bonchev–Trinajstić information content (AvgIpc) is 2.78. The van der Waals surface area contributed by atoms with Gasteiger partial charge in [-0.3, -0.25) is 19.7 Å². The normalized spacial score (nSPS) is 25.2. The third-order valence-electron chi connectivity index (χ3n) is 3.50. The predicted octanol–water partition coefficient (Wildman–Crippen LogP) is 2.11. The van der Waals surface area contributed by atoms with Gasteiger partial charge in [-0.05, 0) is 31.9 Å². The number of hydrogen-bond donors (Lipinski definition) is 1. The van der Waals surface area contributed by atoms with Crippen molar-refractivity contribution < 1.29 is 14.4 Å². The Bertz CT molecular complexity index is 558. The standard InChI is InChI=1S/C15H18N2O3.C2H6/c1-4-10-8-17(15(20)11(10)7-9(2)3)12-5-6-13(18)16-14(12)19;1-2/h4,7,12H,2,5-6,8H2,1,3H3,(H,16,18,19);1-2H3/b10-4-,11-7+;. The van der Waals surface area contributed by atoms with Crippen molar-refractivity contribution >= 4 is 17.7 Å². The number of rotatable bonds is 2. The second-order valence-electron chi connectivity index (χ2n) is 5.12. The molecule has 2 aliphatic heterocycles. The van der Waals surface area contributed by atoms with Crippen LogP contribution >= 0.6 is 0 Å². The van der Waals surface area contributed by atoms with Crippen LogP contribution in [0.5, 0.6) is 0 Å². The third-order valence-corrected chi connectivity index (χ3v) is 3.50. The van der Waals surface area contributed by atoms with Gasteiger partial charge in [-0.1, -0.05) is 32.1 Å². The summed E-state index contributed by atoms with van der Waals surface area (Å²) in [6, 6.07) is -0.564. The predicted molar refractivity (Wildman–Crippen MR) is 85.9 cm³/mol. The van der Waals surface area contributed by atoms with Gasteiger partial charge in [0.25, 0.3) is 5.91 Å². The van der Waals surface area contributed by atoms with E-state index in [-0.39, 0.29) is 24.1 Å². The molecule has 5 nitrogen and oxygen atoms in total. The highest BCUT2D eigenvalue weighted by molar-refractivity contribution is 6.07. The first-order valence-corrected chi connectivity index (χ1v) is 7.61. The van der Waals surface area contributed by atoms with E-state index in [1.165, 1.54) is 4.90 Å². The highest BCUT2D eigenvalue weighted by Gasteiger charge is 2.40. The number of carbonyl (C=O) groups excluding carboxylic acids is 3. The molecular formula is C17H24N2O3. The zero-order valence-electron chi connectivity index (χ0n) is 13.7. The molecule has 2 aliphatic rings. The lowest BCUT2D eigenvalue weighted by molar-refractivity contribution is -0.142. The first-order valence-electron chi connectivity index (χ1n) is 7.61. The van der Waals surface area contributed by atoms with E-state index in [0.717, 1.165) is 11.1 Å². The van der Waals surface area contributed by atoms with E-state index >= 15 is 0 Å². The zero-order chi connectivity index (χ0) is 16.9. The number of carbonyl (C=O) groups is 3. The molecule has 0 radical (unpaired) electrons. The summed E-state index contributed by atoms with van der Waals surface area (Å²) < 4.78 is 0. The van der Waals surface area contributed by atoms with Crippen LogP contribution in [-0.4, -0.2) is 35.2 Å². The van der Waals surface area contributed by atoms with E-state index in [0.29, 0.717) is 18.5 Å². The van der Waals surface area contributed by atoms with Gasteiger partial charge in [-0.25, -0.2) is 0 Å². The van der Waals surface area contributed by atoms with Gasteiger partial charge in [0.15, 0.2) is 0 Å². The molecule has 3 amide bonds. The first-order chi connectivity index (χ1) is 10.4. The van der Waals surface area contributed by atoms with Crippen LogP contribution in [-0.2, 0) is 14.4 Å². The number of allylic oxidation sites excluding steroid dienone is 3. The lowest BCUT2D eigenvalue weighted by Crippen LogP contribution is -2.52. The fourth-order valence-corrected chi connectivity index (χ4v) is 2.51. The van der Waals surface area contributed by atoms with Gasteiger partial charge < -0.3 is 4.90 Å². The maximum Gasteiger partial charge on any atom is 0.255 e. The highest BCUT2D eigenvalue weighted by atomic mass is 16.2. The topological polar surface area (TPSA) is 66.5 Å². The van der Waals surface area contributed by atoms with Crippen molar-refractivity contribution in [2.75, 3.05) is 6.54 Å². The summed E-state index contributed by atoms with van der Waals surface area (Å²) in [5.41, 5.74) is 2.27. The van der Waals surface area contributed by atoms with Gasteiger partial charge in [0.05, 0.1) is 0 Å². The molecule has 2 saturated heterocycles. The van der Waals surface area contributed by atoms with Crippen molar-refractivity contribution in [2.45, 2.75) is 46.6 Å². The summed E-state index contributed by atoms with van der Waals surface area (Å²) in [4.78, 5) is 37.0. The summed E-state index contributed by atoms with van der Waals surface area (Å²) in [5.74, 6) is -0.834. The Morgan fingerprint density at radius 1 is 1.32 bits per heavy atom. The number of piperidine rings is 1. The molecular weight excluding hydrogens is 280 g/mol. The van der Waals surface area contributed by atoms with Crippen molar-refractivity contribution in [1.82, 2.24) is 10.2 Å². The van der Waals surface area contributed by atoms with E-state index in [1.807, 2.05) is 33.8 Å². The number of nitrogens with zero attached hydrogens (tertiary/aromatic N) is 1. The highest BCUT2D eigenvalue weighted by Crippen LogP contribution is 2.28. The molecule has 1 unspecified atom stereocenters. The molecule has 5 heteroatoms. The first kappa shape index (κ1) is 17.9. The molecule has 2 fully saturated rings. The van der Waals surface area contributed by atoms with E-state index < -0.39 is 6.04 Å². The molecule has 0 saturated carbocycles.